The van der Waals surface area contributed by atoms with Gasteiger partial charge in [0.25, 0.3) is 0 Å². The maximum atomic E-state index is 12.5. The summed E-state index contributed by atoms with van der Waals surface area (Å²) in [6, 6.07) is 6.17. The summed E-state index contributed by atoms with van der Waals surface area (Å²) in [5.74, 6) is 1.64. The van der Waals surface area contributed by atoms with Crippen LogP contribution < -0.4 is 5.32 Å². The molecule has 3 unspecified atom stereocenters. The van der Waals surface area contributed by atoms with Gasteiger partial charge in [-0.25, -0.2) is 0 Å². The van der Waals surface area contributed by atoms with Gasteiger partial charge in [0.15, 0.2) is 0 Å². The van der Waals surface area contributed by atoms with Gasteiger partial charge in [0.2, 0.25) is 0 Å². The van der Waals surface area contributed by atoms with Crippen molar-refractivity contribution in [2.24, 2.45) is 11.8 Å². The van der Waals surface area contributed by atoms with E-state index in [1.807, 2.05) is 0 Å². The van der Waals surface area contributed by atoms with Crippen molar-refractivity contribution in [2.45, 2.75) is 44.3 Å². The van der Waals surface area contributed by atoms with Gasteiger partial charge in [-0.15, -0.1) is 0 Å². The predicted molar refractivity (Wildman–Crippen MR) is 72.4 cm³/mol. The second-order valence-electron chi connectivity index (χ2n) is 6.10. The Morgan fingerprint density at radius 1 is 1.10 bits per heavy atom. The minimum absolute atomic E-state index is 0.559. The molecule has 1 aliphatic carbocycles. The lowest BCUT2D eigenvalue weighted by molar-refractivity contribution is -0.137. The molecule has 1 aromatic carbocycles. The molecule has 0 aromatic heterocycles. The van der Waals surface area contributed by atoms with Gasteiger partial charge in [0.05, 0.1) is 5.56 Å². The standard InChI is InChI=1S/C16H20F3N/c17-16(18,19)13-7-4-11(5-8-13)6-9-15-14-3-1-2-12(14)10-20-15/h4-5,7-8,12,14-15,20H,1-3,6,9-10H2. The smallest absolute Gasteiger partial charge is 0.313 e. The Labute approximate surface area is 117 Å². The Hall–Kier alpha value is -1.03. The molecule has 3 atom stereocenters. The molecule has 1 aromatic rings. The highest BCUT2D eigenvalue weighted by atomic mass is 19.4. The minimum Gasteiger partial charge on any atom is -0.313 e. The van der Waals surface area contributed by atoms with Crippen LogP contribution in [0.1, 0.15) is 36.8 Å². The van der Waals surface area contributed by atoms with E-state index in [1.165, 1.54) is 31.4 Å². The number of hydrogen-bond donors (Lipinski definition) is 1. The molecule has 3 rings (SSSR count). The molecule has 1 heterocycles. The van der Waals surface area contributed by atoms with Crippen molar-refractivity contribution >= 4 is 0 Å². The van der Waals surface area contributed by atoms with Crippen molar-refractivity contribution in [3.63, 3.8) is 0 Å². The number of aryl methyl sites for hydroxylation is 1. The molecule has 2 fully saturated rings. The molecule has 1 saturated heterocycles. The molecular formula is C16H20F3N. The summed E-state index contributed by atoms with van der Waals surface area (Å²) in [7, 11) is 0. The highest BCUT2D eigenvalue weighted by Crippen LogP contribution is 2.39. The summed E-state index contributed by atoms with van der Waals surface area (Å²) in [4.78, 5) is 0. The van der Waals surface area contributed by atoms with Crippen LogP contribution in [0.3, 0.4) is 0 Å². The third-order valence-corrected chi connectivity index (χ3v) is 4.90. The van der Waals surface area contributed by atoms with Gasteiger partial charge in [0.1, 0.15) is 0 Å². The van der Waals surface area contributed by atoms with Crippen LogP contribution in [-0.2, 0) is 12.6 Å². The van der Waals surface area contributed by atoms with Crippen molar-refractivity contribution in [1.29, 1.82) is 0 Å². The SMILES string of the molecule is FC(F)(F)c1ccc(CCC2NCC3CCCC32)cc1. The Morgan fingerprint density at radius 2 is 1.85 bits per heavy atom. The molecule has 1 nitrogen and oxygen atoms in total. The van der Waals surface area contributed by atoms with E-state index in [4.69, 9.17) is 0 Å². The van der Waals surface area contributed by atoms with Crippen molar-refractivity contribution in [3.05, 3.63) is 35.4 Å². The van der Waals surface area contributed by atoms with Crippen molar-refractivity contribution < 1.29 is 13.2 Å². The second-order valence-corrected chi connectivity index (χ2v) is 6.10. The maximum Gasteiger partial charge on any atom is 0.416 e. The molecule has 0 spiro atoms. The minimum atomic E-state index is -4.23. The summed E-state index contributed by atoms with van der Waals surface area (Å²) in [5.41, 5.74) is 0.442. The van der Waals surface area contributed by atoms with Crippen molar-refractivity contribution in [2.75, 3.05) is 6.54 Å². The van der Waals surface area contributed by atoms with E-state index in [0.29, 0.717) is 6.04 Å². The summed E-state index contributed by atoms with van der Waals surface area (Å²) in [5, 5.41) is 3.58. The lowest BCUT2D eigenvalue weighted by atomic mass is 9.90. The molecule has 0 amide bonds. The third kappa shape index (κ3) is 2.85. The quantitative estimate of drug-likeness (QED) is 0.883. The van der Waals surface area contributed by atoms with Crippen LogP contribution in [0, 0.1) is 11.8 Å². The van der Waals surface area contributed by atoms with E-state index in [2.05, 4.69) is 5.32 Å². The van der Waals surface area contributed by atoms with Crippen LogP contribution in [0.5, 0.6) is 0 Å². The molecule has 110 valence electrons. The number of benzene rings is 1. The molecule has 1 N–H and O–H groups in total. The monoisotopic (exact) mass is 283 g/mol. The highest BCUT2D eigenvalue weighted by molar-refractivity contribution is 5.24. The molecular weight excluding hydrogens is 263 g/mol. The highest BCUT2D eigenvalue weighted by Gasteiger charge is 2.38. The number of hydrogen-bond acceptors (Lipinski definition) is 1. The molecule has 4 heteroatoms. The zero-order valence-electron chi connectivity index (χ0n) is 11.4. The van der Waals surface area contributed by atoms with E-state index in [-0.39, 0.29) is 0 Å². The third-order valence-electron chi connectivity index (χ3n) is 4.90. The predicted octanol–water partition coefficient (Wildman–Crippen LogP) is 4.03. The molecule has 1 aliphatic heterocycles. The number of alkyl halides is 3. The van der Waals surface area contributed by atoms with Crippen molar-refractivity contribution in [3.8, 4) is 0 Å². The zero-order chi connectivity index (χ0) is 14.2. The number of fused-ring (bicyclic) bond motifs is 1. The Balaban J connectivity index is 1.56. The van der Waals surface area contributed by atoms with Crippen LogP contribution in [0.25, 0.3) is 0 Å². The number of rotatable bonds is 3. The fourth-order valence-electron chi connectivity index (χ4n) is 3.80. The first-order valence-corrected chi connectivity index (χ1v) is 7.43. The van der Waals surface area contributed by atoms with E-state index in [0.717, 1.165) is 36.8 Å². The maximum absolute atomic E-state index is 12.5. The van der Waals surface area contributed by atoms with E-state index < -0.39 is 11.7 Å². The van der Waals surface area contributed by atoms with E-state index in [9.17, 15) is 13.2 Å². The molecule has 0 bridgehead atoms. The largest absolute Gasteiger partial charge is 0.416 e. The van der Waals surface area contributed by atoms with Crippen LogP contribution in [0.4, 0.5) is 13.2 Å². The van der Waals surface area contributed by atoms with Gasteiger partial charge in [-0.1, -0.05) is 18.6 Å². The van der Waals surface area contributed by atoms with Crippen LogP contribution in [0.2, 0.25) is 0 Å². The first-order chi connectivity index (χ1) is 9.54. The number of nitrogens with one attached hydrogen (secondary N) is 1. The molecule has 2 aliphatic rings. The average molecular weight is 283 g/mol. The summed E-state index contributed by atoms with van der Waals surface area (Å²) >= 11 is 0. The first-order valence-electron chi connectivity index (χ1n) is 7.43. The zero-order valence-corrected chi connectivity index (χ0v) is 11.4. The van der Waals surface area contributed by atoms with Gasteiger partial charge in [-0.05, 0) is 61.8 Å². The summed E-state index contributed by atoms with van der Waals surface area (Å²) in [6.45, 7) is 1.13. The van der Waals surface area contributed by atoms with Gasteiger partial charge in [-0.3, -0.25) is 0 Å². The Morgan fingerprint density at radius 3 is 2.55 bits per heavy atom. The second kappa shape index (κ2) is 5.40. The van der Waals surface area contributed by atoms with Gasteiger partial charge in [-0.2, -0.15) is 13.2 Å². The summed E-state index contributed by atoms with van der Waals surface area (Å²) < 4.78 is 37.5. The fraction of sp³-hybridized carbons (Fsp3) is 0.625. The topological polar surface area (TPSA) is 12.0 Å². The van der Waals surface area contributed by atoms with Crippen molar-refractivity contribution in [1.82, 2.24) is 5.32 Å². The Kier molecular flexibility index (Phi) is 3.76. The van der Waals surface area contributed by atoms with Gasteiger partial charge < -0.3 is 5.32 Å². The van der Waals surface area contributed by atoms with Gasteiger partial charge in [0, 0.05) is 6.04 Å². The number of halogens is 3. The molecule has 0 radical (unpaired) electrons. The van der Waals surface area contributed by atoms with Crippen LogP contribution in [0.15, 0.2) is 24.3 Å². The van der Waals surface area contributed by atoms with E-state index in [1.54, 1.807) is 12.1 Å². The lowest BCUT2D eigenvalue weighted by Crippen LogP contribution is -2.27. The van der Waals surface area contributed by atoms with E-state index >= 15 is 0 Å². The Bertz CT molecular complexity index is 452. The van der Waals surface area contributed by atoms with Gasteiger partial charge >= 0.3 is 6.18 Å². The molecule has 20 heavy (non-hydrogen) atoms. The fourth-order valence-corrected chi connectivity index (χ4v) is 3.80. The summed E-state index contributed by atoms with van der Waals surface area (Å²) in [6.07, 6.45) is 1.66. The van der Waals surface area contributed by atoms with Crippen LogP contribution in [-0.4, -0.2) is 12.6 Å². The van der Waals surface area contributed by atoms with Crippen LogP contribution >= 0.6 is 0 Å². The normalized spacial score (nSPS) is 29.6. The first kappa shape index (κ1) is 13.9. The molecule has 1 saturated carbocycles. The lowest BCUT2D eigenvalue weighted by Gasteiger charge is -2.18. The average Bonchev–Trinajstić information content (AvgIpc) is 2.99.